The van der Waals surface area contributed by atoms with E-state index in [4.69, 9.17) is 18.9 Å². The molecule has 1 fully saturated rings. The van der Waals surface area contributed by atoms with Crippen molar-refractivity contribution < 1.29 is 43.2 Å². The maximum absolute atomic E-state index is 13.0. The molecule has 1 aromatic carbocycles. The fraction of sp³-hybridized carbons (Fsp3) is 0.375. The lowest BCUT2D eigenvalue weighted by Gasteiger charge is -2.28. The van der Waals surface area contributed by atoms with Gasteiger partial charge in [0.1, 0.15) is 18.6 Å². The van der Waals surface area contributed by atoms with E-state index >= 15 is 0 Å². The third kappa shape index (κ3) is 6.25. The second-order valence-corrected chi connectivity index (χ2v) is 7.88. The number of nitrogens with one attached hydrogen (secondary N) is 1. The Morgan fingerprint density at radius 3 is 2.54 bits per heavy atom. The number of aromatic hydroxyl groups is 1. The first-order chi connectivity index (χ1) is 16.7. The molecule has 4 atom stereocenters. The van der Waals surface area contributed by atoms with Gasteiger partial charge in [-0.1, -0.05) is 30.3 Å². The number of carbonyl (C=O) groups is 4. The number of nitrogens with zero attached hydrogens (tertiary/aromatic N) is 1. The molecule has 4 unspecified atom stereocenters. The minimum Gasteiger partial charge on any atom is -0.503 e. The first-order valence-electron chi connectivity index (χ1n) is 10.8. The van der Waals surface area contributed by atoms with Gasteiger partial charge in [0, 0.05) is 19.2 Å². The van der Waals surface area contributed by atoms with Crippen LogP contribution in [0.2, 0.25) is 0 Å². The third-order valence-electron chi connectivity index (χ3n) is 5.37. The van der Waals surface area contributed by atoms with E-state index in [2.05, 4.69) is 10.3 Å². The molecule has 1 aliphatic heterocycles. The number of amides is 1. The molecule has 11 heteroatoms. The Hall–Kier alpha value is -4.15. The fourth-order valence-electron chi connectivity index (χ4n) is 3.67. The van der Waals surface area contributed by atoms with Crippen LogP contribution < -0.4 is 10.1 Å². The van der Waals surface area contributed by atoms with Gasteiger partial charge in [-0.3, -0.25) is 14.4 Å². The normalized spacial score (nSPS) is 22.5. The molecule has 3 rings (SSSR count). The predicted molar refractivity (Wildman–Crippen MR) is 119 cm³/mol. The van der Waals surface area contributed by atoms with Crippen molar-refractivity contribution in [2.75, 3.05) is 13.7 Å². The topological polar surface area (TPSA) is 150 Å². The summed E-state index contributed by atoms with van der Waals surface area (Å²) in [5.74, 6) is -4.70. The van der Waals surface area contributed by atoms with E-state index in [-0.39, 0.29) is 12.2 Å². The van der Waals surface area contributed by atoms with Gasteiger partial charge in [-0.2, -0.15) is 0 Å². The lowest BCUT2D eigenvalue weighted by Crippen LogP contribution is -2.46. The van der Waals surface area contributed by atoms with Crippen LogP contribution in [0.3, 0.4) is 0 Å². The molecule has 186 valence electrons. The first-order valence-corrected chi connectivity index (χ1v) is 10.8. The van der Waals surface area contributed by atoms with Crippen LogP contribution in [0.4, 0.5) is 0 Å². The Bertz CT molecular complexity index is 1090. The quantitative estimate of drug-likeness (QED) is 0.450. The van der Waals surface area contributed by atoms with Gasteiger partial charge in [0.25, 0.3) is 5.91 Å². The highest BCUT2D eigenvalue weighted by Crippen LogP contribution is 2.28. The SMILES string of the molecule is COc1ccnc(C(=O)NC2COC(=O)C(Cc3ccccc3)C(OC(C)=O)C(C)OC2=O)c1O. The summed E-state index contributed by atoms with van der Waals surface area (Å²) in [6.45, 7) is 2.12. The zero-order valence-corrected chi connectivity index (χ0v) is 19.4. The molecule has 2 aromatic rings. The van der Waals surface area contributed by atoms with Crippen molar-refractivity contribution in [3.63, 3.8) is 0 Å². The van der Waals surface area contributed by atoms with E-state index in [9.17, 15) is 24.3 Å². The Balaban J connectivity index is 1.85. The predicted octanol–water partition coefficient (Wildman–Crippen LogP) is 1.17. The van der Waals surface area contributed by atoms with Crippen LogP contribution in [0.15, 0.2) is 42.6 Å². The van der Waals surface area contributed by atoms with Crippen LogP contribution in [-0.4, -0.2) is 65.9 Å². The summed E-state index contributed by atoms with van der Waals surface area (Å²) in [6, 6.07) is 8.97. The standard InChI is InChI=1S/C24H26N2O9/c1-13-21(35-14(2)27)16(11-15-7-5-4-6-8-15)23(30)33-12-17(24(31)34-13)26-22(29)19-20(28)18(32-3)9-10-25-19/h4-10,13,16-17,21,28H,11-12H2,1-3H3,(H,26,29). The van der Waals surface area contributed by atoms with Gasteiger partial charge in [-0.15, -0.1) is 0 Å². The largest absolute Gasteiger partial charge is 0.503 e. The summed E-state index contributed by atoms with van der Waals surface area (Å²) in [7, 11) is 1.30. The van der Waals surface area contributed by atoms with Crippen LogP contribution in [-0.2, 0) is 35.0 Å². The summed E-state index contributed by atoms with van der Waals surface area (Å²) < 4.78 is 21.1. The Morgan fingerprint density at radius 2 is 1.89 bits per heavy atom. The molecule has 0 saturated carbocycles. The molecule has 11 nitrogen and oxygen atoms in total. The van der Waals surface area contributed by atoms with Crippen molar-refractivity contribution >= 4 is 23.8 Å². The molecule has 0 aliphatic carbocycles. The Labute approximate surface area is 201 Å². The second-order valence-electron chi connectivity index (χ2n) is 7.88. The van der Waals surface area contributed by atoms with Crippen LogP contribution in [0, 0.1) is 5.92 Å². The average Bonchev–Trinajstić information content (AvgIpc) is 2.86. The van der Waals surface area contributed by atoms with Crippen molar-refractivity contribution in [2.45, 2.75) is 38.5 Å². The van der Waals surface area contributed by atoms with E-state index in [1.54, 1.807) is 24.3 Å². The highest BCUT2D eigenvalue weighted by atomic mass is 16.6. The maximum Gasteiger partial charge on any atom is 0.332 e. The van der Waals surface area contributed by atoms with Gasteiger partial charge in [-0.05, 0) is 18.9 Å². The van der Waals surface area contributed by atoms with E-state index < -0.39 is 66.0 Å². The highest BCUT2D eigenvalue weighted by Gasteiger charge is 2.41. The number of pyridine rings is 1. The van der Waals surface area contributed by atoms with Gasteiger partial charge in [0.05, 0.1) is 7.11 Å². The number of carbonyl (C=O) groups excluding carboxylic acids is 4. The van der Waals surface area contributed by atoms with Gasteiger partial charge < -0.3 is 29.4 Å². The summed E-state index contributed by atoms with van der Waals surface area (Å²) in [6.07, 6.45) is -0.746. The van der Waals surface area contributed by atoms with Crippen LogP contribution in [0.5, 0.6) is 11.5 Å². The molecular weight excluding hydrogens is 460 g/mol. The molecule has 0 radical (unpaired) electrons. The molecule has 35 heavy (non-hydrogen) atoms. The van der Waals surface area contributed by atoms with Crippen molar-refractivity contribution in [1.82, 2.24) is 10.3 Å². The van der Waals surface area contributed by atoms with Gasteiger partial charge in [0.2, 0.25) is 0 Å². The minimum atomic E-state index is -1.41. The monoisotopic (exact) mass is 486 g/mol. The smallest absolute Gasteiger partial charge is 0.332 e. The van der Waals surface area contributed by atoms with Crippen molar-refractivity contribution in [1.29, 1.82) is 0 Å². The second kappa shape index (κ2) is 11.3. The van der Waals surface area contributed by atoms with Gasteiger partial charge in [-0.25, -0.2) is 9.78 Å². The number of benzene rings is 1. The number of esters is 3. The van der Waals surface area contributed by atoms with Crippen LogP contribution >= 0.6 is 0 Å². The minimum absolute atomic E-state index is 0.00946. The molecule has 2 N–H and O–H groups in total. The molecule has 1 aliphatic rings. The fourth-order valence-corrected chi connectivity index (χ4v) is 3.67. The number of cyclic esters (lactones) is 2. The van der Waals surface area contributed by atoms with Crippen molar-refractivity contribution in [2.24, 2.45) is 5.92 Å². The molecule has 2 heterocycles. The van der Waals surface area contributed by atoms with E-state index in [1.807, 2.05) is 6.07 Å². The van der Waals surface area contributed by atoms with E-state index in [1.165, 1.54) is 33.2 Å². The molecule has 0 bridgehead atoms. The zero-order chi connectivity index (χ0) is 25.5. The highest BCUT2D eigenvalue weighted by molar-refractivity contribution is 5.98. The molecule has 1 aromatic heterocycles. The van der Waals surface area contributed by atoms with Crippen molar-refractivity contribution in [3.8, 4) is 11.5 Å². The average molecular weight is 486 g/mol. The number of rotatable bonds is 6. The Morgan fingerprint density at radius 1 is 1.17 bits per heavy atom. The summed E-state index contributed by atoms with van der Waals surface area (Å²) >= 11 is 0. The van der Waals surface area contributed by atoms with E-state index in [0.29, 0.717) is 0 Å². The number of ether oxygens (including phenoxy) is 4. The van der Waals surface area contributed by atoms with Crippen LogP contribution in [0.1, 0.15) is 29.9 Å². The molecular formula is C24H26N2O9. The van der Waals surface area contributed by atoms with E-state index in [0.717, 1.165) is 5.56 Å². The number of aromatic nitrogens is 1. The summed E-state index contributed by atoms with van der Waals surface area (Å²) in [4.78, 5) is 54.2. The number of methoxy groups -OCH3 is 1. The molecule has 1 saturated heterocycles. The third-order valence-corrected chi connectivity index (χ3v) is 5.37. The van der Waals surface area contributed by atoms with Gasteiger partial charge in [0.15, 0.2) is 29.3 Å². The van der Waals surface area contributed by atoms with Crippen molar-refractivity contribution in [3.05, 3.63) is 53.9 Å². The zero-order valence-electron chi connectivity index (χ0n) is 19.4. The lowest BCUT2D eigenvalue weighted by atomic mass is 9.91. The number of hydrogen-bond donors (Lipinski definition) is 2. The Kier molecular flexibility index (Phi) is 8.24. The van der Waals surface area contributed by atoms with Gasteiger partial charge >= 0.3 is 17.9 Å². The van der Waals surface area contributed by atoms with Crippen LogP contribution in [0.25, 0.3) is 0 Å². The maximum atomic E-state index is 13.0. The lowest BCUT2D eigenvalue weighted by molar-refractivity contribution is -0.173. The number of hydrogen-bond acceptors (Lipinski definition) is 10. The molecule has 1 amide bonds. The molecule has 0 spiro atoms. The first kappa shape index (κ1) is 25.5. The summed E-state index contributed by atoms with van der Waals surface area (Å²) in [5.41, 5.74) is 0.393. The summed E-state index contributed by atoms with van der Waals surface area (Å²) in [5, 5.41) is 12.5.